The van der Waals surface area contributed by atoms with Crippen LogP contribution in [0, 0.1) is 6.92 Å². The molecular formula is C22H27N5OS. The van der Waals surface area contributed by atoms with Crippen molar-refractivity contribution in [3.8, 4) is 16.3 Å². The van der Waals surface area contributed by atoms with Gasteiger partial charge in [-0.1, -0.05) is 17.7 Å². The minimum atomic E-state index is 0.0281. The summed E-state index contributed by atoms with van der Waals surface area (Å²) in [7, 11) is 0. The Bertz CT molecular complexity index is 969. The van der Waals surface area contributed by atoms with Crippen molar-refractivity contribution >= 4 is 17.2 Å². The number of aromatic nitrogens is 3. The van der Waals surface area contributed by atoms with Crippen molar-refractivity contribution in [2.24, 2.45) is 0 Å². The summed E-state index contributed by atoms with van der Waals surface area (Å²) in [6, 6.07) is 8.65. The topological polar surface area (TPSA) is 63.1 Å². The van der Waals surface area contributed by atoms with Gasteiger partial charge in [0.1, 0.15) is 10.7 Å². The molecule has 1 saturated heterocycles. The van der Waals surface area contributed by atoms with Crippen LogP contribution in [0.2, 0.25) is 0 Å². The zero-order valence-corrected chi connectivity index (χ0v) is 17.9. The maximum absolute atomic E-state index is 13.2. The molecule has 1 fully saturated rings. The summed E-state index contributed by atoms with van der Waals surface area (Å²) in [6.07, 6.45) is 5.75. The number of thiazole rings is 1. The van der Waals surface area contributed by atoms with E-state index in [1.165, 1.54) is 16.9 Å². The number of hydrogen-bond donors (Lipinski definition) is 1. The normalized spacial score (nSPS) is 15.0. The highest BCUT2D eigenvalue weighted by Crippen LogP contribution is 2.26. The number of hydrogen-bond acceptors (Lipinski definition) is 5. The van der Waals surface area contributed by atoms with Gasteiger partial charge in [-0.15, -0.1) is 11.3 Å². The lowest BCUT2D eigenvalue weighted by molar-refractivity contribution is 0.0560. The summed E-state index contributed by atoms with van der Waals surface area (Å²) in [6.45, 7) is 8.15. The number of nitrogens with zero attached hydrogens (tertiary/aromatic N) is 4. The zero-order valence-electron chi connectivity index (χ0n) is 17.1. The molecule has 3 aromatic rings. The molecule has 1 amide bonds. The van der Waals surface area contributed by atoms with Gasteiger partial charge in [-0.3, -0.25) is 4.79 Å². The first-order valence-electron chi connectivity index (χ1n) is 10.1. The molecule has 29 heavy (non-hydrogen) atoms. The van der Waals surface area contributed by atoms with Crippen LogP contribution in [0.5, 0.6) is 0 Å². The number of aryl methyl sites for hydroxylation is 1. The van der Waals surface area contributed by atoms with E-state index in [0.29, 0.717) is 5.69 Å². The summed E-state index contributed by atoms with van der Waals surface area (Å²) in [5.41, 5.74) is 3.67. The molecule has 0 atom stereocenters. The van der Waals surface area contributed by atoms with E-state index in [-0.39, 0.29) is 18.0 Å². The Kier molecular flexibility index (Phi) is 5.78. The van der Waals surface area contributed by atoms with Gasteiger partial charge in [-0.2, -0.15) is 5.10 Å². The third-order valence-electron chi connectivity index (χ3n) is 5.34. The molecule has 3 heterocycles. The molecule has 1 aliphatic heterocycles. The van der Waals surface area contributed by atoms with Crippen LogP contribution >= 0.6 is 11.3 Å². The van der Waals surface area contributed by atoms with Crippen molar-refractivity contribution in [1.82, 2.24) is 25.0 Å². The summed E-state index contributed by atoms with van der Waals surface area (Å²) in [5.74, 6) is 0.0281. The molecule has 0 bridgehead atoms. The first kappa shape index (κ1) is 19.8. The van der Waals surface area contributed by atoms with Crippen LogP contribution in [0.1, 0.15) is 42.7 Å². The number of rotatable bonds is 5. The third kappa shape index (κ3) is 4.26. The third-order valence-corrected chi connectivity index (χ3v) is 6.24. The van der Waals surface area contributed by atoms with Gasteiger partial charge >= 0.3 is 0 Å². The standard InChI is InChI=1S/C22H27N5OS/c1-15(2)27(19-8-10-23-11-9-19)22(28)20-14-29-21(25-20)17-12-24-26(13-17)18-6-4-16(3)5-7-18/h4-7,12-15,19,23H,8-11H2,1-3H3. The highest BCUT2D eigenvalue weighted by Gasteiger charge is 2.29. The van der Waals surface area contributed by atoms with Crippen LogP contribution < -0.4 is 5.32 Å². The Morgan fingerprint density at radius 2 is 1.97 bits per heavy atom. The van der Waals surface area contributed by atoms with Crippen LogP contribution in [-0.2, 0) is 0 Å². The molecule has 0 saturated carbocycles. The second-order valence-electron chi connectivity index (χ2n) is 7.83. The Labute approximate surface area is 175 Å². The molecule has 0 aliphatic carbocycles. The van der Waals surface area contributed by atoms with E-state index in [1.807, 2.05) is 33.3 Å². The monoisotopic (exact) mass is 409 g/mol. The van der Waals surface area contributed by atoms with Gasteiger partial charge in [0.05, 0.1) is 11.9 Å². The molecule has 1 aromatic carbocycles. The van der Waals surface area contributed by atoms with E-state index in [9.17, 15) is 4.79 Å². The molecule has 0 unspecified atom stereocenters. The predicted octanol–water partition coefficient (Wildman–Crippen LogP) is 3.91. The predicted molar refractivity (Wildman–Crippen MR) is 117 cm³/mol. The fourth-order valence-corrected chi connectivity index (χ4v) is 4.58. The first-order chi connectivity index (χ1) is 14.0. The maximum atomic E-state index is 13.2. The van der Waals surface area contributed by atoms with Crippen molar-refractivity contribution in [2.45, 2.75) is 45.7 Å². The van der Waals surface area contributed by atoms with Crippen LogP contribution in [0.25, 0.3) is 16.3 Å². The SMILES string of the molecule is Cc1ccc(-n2cc(-c3nc(C(=O)N(C(C)C)C4CCNCC4)cs3)cn2)cc1. The lowest BCUT2D eigenvalue weighted by Gasteiger charge is -2.37. The second-order valence-corrected chi connectivity index (χ2v) is 8.69. The molecule has 0 spiro atoms. The van der Waals surface area contributed by atoms with Gasteiger partial charge in [0.25, 0.3) is 5.91 Å². The van der Waals surface area contributed by atoms with Crippen LogP contribution in [0.3, 0.4) is 0 Å². The quantitative estimate of drug-likeness (QED) is 0.694. The van der Waals surface area contributed by atoms with Gasteiger partial charge in [-0.05, 0) is 58.8 Å². The molecule has 4 rings (SSSR count). The average molecular weight is 410 g/mol. The van der Waals surface area contributed by atoms with E-state index in [1.54, 1.807) is 6.20 Å². The van der Waals surface area contributed by atoms with Gasteiger partial charge in [0.2, 0.25) is 0 Å². The fourth-order valence-electron chi connectivity index (χ4n) is 3.82. The van der Waals surface area contributed by atoms with E-state index < -0.39 is 0 Å². The van der Waals surface area contributed by atoms with Gasteiger partial charge in [0.15, 0.2) is 0 Å². The van der Waals surface area contributed by atoms with Gasteiger partial charge < -0.3 is 10.2 Å². The number of amides is 1. The molecule has 6 nitrogen and oxygen atoms in total. The summed E-state index contributed by atoms with van der Waals surface area (Å²) >= 11 is 1.49. The molecular weight excluding hydrogens is 382 g/mol. The van der Waals surface area contributed by atoms with Crippen molar-refractivity contribution in [2.75, 3.05) is 13.1 Å². The van der Waals surface area contributed by atoms with Crippen molar-refractivity contribution in [1.29, 1.82) is 0 Å². The Morgan fingerprint density at radius 3 is 2.66 bits per heavy atom. The zero-order chi connectivity index (χ0) is 20.4. The van der Waals surface area contributed by atoms with Crippen LogP contribution in [-0.4, -0.2) is 50.7 Å². The Balaban J connectivity index is 1.54. The average Bonchev–Trinajstić information content (AvgIpc) is 3.39. The minimum Gasteiger partial charge on any atom is -0.332 e. The van der Waals surface area contributed by atoms with Crippen molar-refractivity contribution in [3.63, 3.8) is 0 Å². The summed E-state index contributed by atoms with van der Waals surface area (Å²) in [5, 5.41) is 10.5. The number of carbonyl (C=O) groups is 1. The second kappa shape index (κ2) is 8.47. The number of nitrogens with one attached hydrogen (secondary N) is 1. The highest BCUT2D eigenvalue weighted by atomic mass is 32.1. The number of carbonyl (C=O) groups excluding carboxylic acids is 1. The fraction of sp³-hybridized carbons (Fsp3) is 0.409. The molecule has 1 N–H and O–H groups in total. The number of benzene rings is 1. The van der Waals surface area contributed by atoms with Crippen LogP contribution in [0.15, 0.2) is 42.0 Å². The van der Waals surface area contributed by atoms with Crippen molar-refractivity contribution < 1.29 is 4.79 Å². The Hall–Kier alpha value is -2.51. The molecule has 0 radical (unpaired) electrons. The lowest BCUT2D eigenvalue weighted by Crippen LogP contribution is -2.49. The molecule has 1 aliphatic rings. The van der Waals surface area contributed by atoms with Gasteiger partial charge in [0, 0.05) is 29.2 Å². The largest absolute Gasteiger partial charge is 0.332 e. The molecule has 2 aromatic heterocycles. The van der Waals surface area contributed by atoms with Gasteiger partial charge in [-0.25, -0.2) is 9.67 Å². The van der Waals surface area contributed by atoms with E-state index >= 15 is 0 Å². The van der Waals surface area contributed by atoms with Crippen molar-refractivity contribution in [3.05, 3.63) is 53.3 Å². The molecule has 152 valence electrons. The summed E-state index contributed by atoms with van der Waals surface area (Å²) < 4.78 is 1.84. The Morgan fingerprint density at radius 1 is 1.24 bits per heavy atom. The first-order valence-corrected chi connectivity index (χ1v) is 11.0. The van der Waals surface area contributed by atoms with Crippen LogP contribution in [0.4, 0.5) is 0 Å². The maximum Gasteiger partial charge on any atom is 0.273 e. The minimum absolute atomic E-state index is 0.0281. The highest BCUT2D eigenvalue weighted by molar-refractivity contribution is 7.13. The van der Waals surface area contributed by atoms with E-state index in [0.717, 1.165) is 42.2 Å². The van der Waals surface area contributed by atoms with E-state index in [2.05, 4.69) is 48.3 Å². The smallest absolute Gasteiger partial charge is 0.273 e. The lowest BCUT2D eigenvalue weighted by atomic mass is 10.0. The number of piperidine rings is 1. The summed E-state index contributed by atoms with van der Waals surface area (Å²) in [4.78, 5) is 19.9. The van der Waals surface area contributed by atoms with E-state index in [4.69, 9.17) is 0 Å². The molecule has 7 heteroatoms.